The molecule has 90 valence electrons. The first kappa shape index (κ1) is 13.0. The van der Waals surface area contributed by atoms with E-state index >= 15 is 0 Å². The van der Waals surface area contributed by atoms with E-state index in [9.17, 15) is 13.6 Å². The Morgan fingerprint density at radius 1 is 1.71 bits per heavy atom. The minimum Gasteiger partial charge on any atom is -0.465 e. The number of methoxy groups -OCH3 is 1. The van der Waals surface area contributed by atoms with Crippen LogP contribution in [0.15, 0.2) is 6.07 Å². The molecule has 5 nitrogen and oxygen atoms in total. The Kier molecular flexibility index (Phi) is 4.06. The normalized spacial score (nSPS) is 10.1. The van der Waals surface area contributed by atoms with E-state index in [1.54, 1.807) is 6.07 Å². The monoisotopic (exact) mass is 241 g/mol. The van der Waals surface area contributed by atoms with Gasteiger partial charge in [0.05, 0.1) is 23.9 Å². The molecule has 0 unspecified atom stereocenters. The summed E-state index contributed by atoms with van der Waals surface area (Å²) in [5.41, 5.74) is 4.14. The highest BCUT2D eigenvalue weighted by atomic mass is 19.3. The van der Waals surface area contributed by atoms with Gasteiger partial charge in [-0.25, -0.2) is 18.6 Å². The van der Waals surface area contributed by atoms with Crippen LogP contribution in [0.3, 0.4) is 0 Å². The highest BCUT2D eigenvalue weighted by Gasteiger charge is 2.23. The molecule has 0 saturated heterocycles. The number of rotatable bonds is 3. The Morgan fingerprint density at radius 2 is 2.35 bits per heavy atom. The van der Waals surface area contributed by atoms with Crippen molar-refractivity contribution in [2.75, 3.05) is 7.11 Å². The number of hydrogen-bond acceptors (Lipinski definition) is 5. The van der Waals surface area contributed by atoms with Gasteiger partial charge in [-0.2, -0.15) is 5.26 Å². The van der Waals surface area contributed by atoms with E-state index < -0.39 is 23.7 Å². The standard InChI is InChI=1S/C10H9F2N3O2/c1-17-10(16)6-2-5(3-13)7(4-14)15-8(6)9(11)12/h2,9H,4,14H2,1H3. The molecule has 0 fully saturated rings. The number of esters is 1. The lowest BCUT2D eigenvalue weighted by Gasteiger charge is -2.09. The van der Waals surface area contributed by atoms with Gasteiger partial charge in [0.1, 0.15) is 11.8 Å². The van der Waals surface area contributed by atoms with Gasteiger partial charge in [0, 0.05) is 6.54 Å². The molecule has 0 atom stereocenters. The van der Waals surface area contributed by atoms with Gasteiger partial charge in [0.25, 0.3) is 6.43 Å². The second-order valence-corrected chi connectivity index (χ2v) is 3.02. The first-order valence-electron chi connectivity index (χ1n) is 4.55. The molecular weight excluding hydrogens is 232 g/mol. The van der Waals surface area contributed by atoms with Crippen molar-refractivity contribution in [2.24, 2.45) is 5.73 Å². The summed E-state index contributed by atoms with van der Waals surface area (Å²) in [5.74, 6) is -0.965. The zero-order valence-electron chi connectivity index (χ0n) is 8.91. The number of nitrogens with two attached hydrogens (primary N) is 1. The number of carbonyl (C=O) groups excluding carboxylic acids is 1. The number of carbonyl (C=O) groups is 1. The number of nitriles is 1. The van der Waals surface area contributed by atoms with E-state index in [2.05, 4.69) is 9.72 Å². The number of alkyl halides is 2. The molecule has 2 N–H and O–H groups in total. The Balaban J connectivity index is 3.47. The van der Waals surface area contributed by atoms with Crippen molar-refractivity contribution in [2.45, 2.75) is 13.0 Å². The van der Waals surface area contributed by atoms with Crippen LogP contribution in [0.4, 0.5) is 8.78 Å². The predicted molar refractivity (Wildman–Crippen MR) is 53.1 cm³/mol. The quantitative estimate of drug-likeness (QED) is 0.801. The molecule has 0 aromatic carbocycles. The second-order valence-electron chi connectivity index (χ2n) is 3.02. The highest BCUT2D eigenvalue weighted by molar-refractivity contribution is 5.91. The number of ether oxygens (including phenoxy) is 1. The smallest absolute Gasteiger partial charge is 0.339 e. The molecule has 1 heterocycles. The van der Waals surface area contributed by atoms with Crippen molar-refractivity contribution >= 4 is 5.97 Å². The van der Waals surface area contributed by atoms with Crippen molar-refractivity contribution in [1.29, 1.82) is 5.26 Å². The molecular formula is C10H9F2N3O2. The molecule has 1 aromatic rings. The van der Waals surface area contributed by atoms with E-state index in [0.29, 0.717) is 0 Å². The summed E-state index contributed by atoms with van der Waals surface area (Å²) >= 11 is 0. The highest BCUT2D eigenvalue weighted by Crippen LogP contribution is 2.23. The van der Waals surface area contributed by atoms with Crippen molar-refractivity contribution in [3.05, 3.63) is 28.6 Å². The molecule has 0 radical (unpaired) electrons. The Bertz CT molecular complexity index is 483. The van der Waals surface area contributed by atoms with Crippen LogP contribution in [0.1, 0.15) is 33.7 Å². The summed E-state index contributed by atoms with van der Waals surface area (Å²) in [7, 11) is 1.06. The Hall–Kier alpha value is -2.07. The van der Waals surface area contributed by atoms with Crippen LogP contribution >= 0.6 is 0 Å². The molecule has 0 aliphatic carbocycles. The van der Waals surface area contributed by atoms with Crippen LogP contribution in [0, 0.1) is 11.3 Å². The topological polar surface area (TPSA) is 89.0 Å². The Morgan fingerprint density at radius 3 is 2.76 bits per heavy atom. The van der Waals surface area contributed by atoms with Crippen LogP contribution in [0.2, 0.25) is 0 Å². The summed E-state index contributed by atoms with van der Waals surface area (Å²) < 4.78 is 29.7. The van der Waals surface area contributed by atoms with Gasteiger partial charge in [-0.3, -0.25) is 0 Å². The van der Waals surface area contributed by atoms with E-state index in [-0.39, 0.29) is 17.8 Å². The lowest BCUT2D eigenvalue weighted by Crippen LogP contribution is -2.13. The maximum Gasteiger partial charge on any atom is 0.339 e. The van der Waals surface area contributed by atoms with Gasteiger partial charge in [-0.15, -0.1) is 0 Å². The third-order valence-corrected chi connectivity index (χ3v) is 2.06. The van der Waals surface area contributed by atoms with Gasteiger partial charge in [0.15, 0.2) is 0 Å². The van der Waals surface area contributed by atoms with Crippen molar-refractivity contribution < 1.29 is 18.3 Å². The third kappa shape index (κ3) is 2.54. The lowest BCUT2D eigenvalue weighted by atomic mass is 10.1. The molecule has 17 heavy (non-hydrogen) atoms. The van der Waals surface area contributed by atoms with Crippen molar-refractivity contribution in [3.8, 4) is 6.07 Å². The third-order valence-electron chi connectivity index (χ3n) is 2.06. The zero-order chi connectivity index (χ0) is 13.0. The van der Waals surface area contributed by atoms with Gasteiger partial charge in [0.2, 0.25) is 0 Å². The van der Waals surface area contributed by atoms with Crippen LogP contribution < -0.4 is 5.73 Å². The SMILES string of the molecule is COC(=O)c1cc(C#N)c(CN)nc1C(F)F. The van der Waals surface area contributed by atoms with Crippen LogP contribution in [0.25, 0.3) is 0 Å². The molecule has 0 saturated carbocycles. The van der Waals surface area contributed by atoms with Gasteiger partial charge >= 0.3 is 5.97 Å². The number of hydrogen-bond donors (Lipinski definition) is 1. The number of pyridine rings is 1. The van der Waals surface area contributed by atoms with E-state index in [0.717, 1.165) is 13.2 Å². The fourth-order valence-corrected chi connectivity index (χ4v) is 1.26. The largest absolute Gasteiger partial charge is 0.465 e. The van der Waals surface area contributed by atoms with Crippen molar-refractivity contribution in [3.63, 3.8) is 0 Å². The zero-order valence-corrected chi connectivity index (χ0v) is 8.91. The van der Waals surface area contributed by atoms with E-state index in [1.807, 2.05) is 0 Å². The van der Waals surface area contributed by atoms with Gasteiger partial charge < -0.3 is 10.5 Å². The fourth-order valence-electron chi connectivity index (χ4n) is 1.26. The maximum absolute atomic E-state index is 12.7. The molecule has 1 rings (SSSR count). The minimum absolute atomic E-state index is 0.0164. The predicted octanol–water partition coefficient (Wildman–Crippen LogP) is 1.14. The molecule has 7 heteroatoms. The van der Waals surface area contributed by atoms with Crippen LogP contribution in [-0.2, 0) is 11.3 Å². The fraction of sp³-hybridized carbons (Fsp3) is 0.300. The molecule has 0 aliphatic rings. The van der Waals surface area contributed by atoms with E-state index in [4.69, 9.17) is 11.0 Å². The summed E-state index contributed by atoms with van der Waals surface area (Å²) in [6.07, 6.45) is -2.94. The number of halogens is 2. The average molecular weight is 241 g/mol. The molecule has 0 spiro atoms. The van der Waals surface area contributed by atoms with Crippen LogP contribution in [-0.4, -0.2) is 18.1 Å². The lowest BCUT2D eigenvalue weighted by molar-refractivity contribution is 0.0587. The summed E-state index contributed by atoms with van der Waals surface area (Å²) in [6.45, 7) is -0.163. The second kappa shape index (κ2) is 5.32. The summed E-state index contributed by atoms with van der Waals surface area (Å²) in [4.78, 5) is 14.8. The summed E-state index contributed by atoms with van der Waals surface area (Å²) in [6, 6.07) is 2.75. The number of aromatic nitrogens is 1. The first-order valence-corrected chi connectivity index (χ1v) is 4.55. The molecule has 0 bridgehead atoms. The average Bonchev–Trinajstić information content (AvgIpc) is 2.35. The molecule has 0 aliphatic heterocycles. The van der Waals surface area contributed by atoms with Crippen LogP contribution in [0.5, 0.6) is 0 Å². The van der Waals surface area contributed by atoms with E-state index in [1.165, 1.54) is 0 Å². The molecule has 1 aromatic heterocycles. The number of nitrogens with zero attached hydrogens (tertiary/aromatic N) is 2. The molecule has 0 amide bonds. The van der Waals surface area contributed by atoms with Gasteiger partial charge in [-0.05, 0) is 6.07 Å². The van der Waals surface area contributed by atoms with Gasteiger partial charge in [-0.1, -0.05) is 0 Å². The minimum atomic E-state index is -2.94. The summed E-state index contributed by atoms with van der Waals surface area (Å²) in [5, 5.41) is 8.77. The first-order chi connectivity index (χ1) is 8.04. The van der Waals surface area contributed by atoms with Crippen molar-refractivity contribution in [1.82, 2.24) is 4.98 Å². The Labute approximate surface area is 95.8 Å². The maximum atomic E-state index is 12.7.